The summed E-state index contributed by atoms with van der Waals surface area (Å²) in [6.07, 6.45) is 4.53. The number of furan rings is 1. The van der Waals surface area contributed by atoms with E-state index in [1.165, 1.54) is 69.2 Å². The van der Waals surface area contributed by atoms with Gasteiger partial charge in [-0.2, -0.15) is 0 Å². The van der Waals surface area contributed by atoms with E-state index in [9.17, 15) is 0 Å². The van der Waals surface area contributed by atoms with Crippen LogP contribution in [0.2, 0.25) is 0 Å². The van der Waals surface area contributed by atoms with Crippen LogP contribution < -0.4 is 26.4 Å². The molecule has 0 atom stereocenters. The highest BCUT2D eigenvalue weighted by Gasteiger charge is 2.47. The van der Waals surface area contributed by atoms with Gasteiger partial charge in [0.2, 0.25) is 0 Å². The smallest absolute Gasteiger partial charge is 0.297 e. The van der Waals surface area contributed by atoms with Gasteiger partial charge in [0.05, 0.1) is 11.3 Å². The van der Waals surface area contributed by atoms with E-state index in [1.54, 1.807) is 0 Å². The Kier molecular flexibility index (Phi) is 4.27. The zero-order valence-corrected chi connectivity index (χ0v) is 20.0. The van der Waals surface area contributed by atoms with Gasteiger partial charge < -0.3 is 14.2 Å². The summed E-state index contributed by atoms with van der Waals surface area (Å²) in [5.74, 6) is 1.18. The van der Waals surface area contributed by atoms with Crippen LogP contribution in [0.4, 0.5) is 34.1 Å². The van der Waals surface area contributed by atoms with Crippen LogP contribution >= 0.6 is 0 Å². The molecule has 0 amide bonds. The third-order valence-electron chi connectivity index (χ3n) is 8.00. The van der Waals surface area contributed by atoms with Gasteiger partial charge in [0.15, 0.2) is 0 Å². The molecule has 36 heavy (non-hydrogen) atoms. The quantitative estimate of drug-likeness (QED) is 0.283. The molecule has 3 aliphatic rings. The lowest BCUT2D eigenvalue weighted by molar-refractivity contribution is 0.497. The van der Waals surface area contributed by atoms with Crippen molar-refractivity contribution >= 4 is 57.4 Å². The Hall–Kier alpha value is -4.18. The largest absolute Gasteiger partial charge is 0.473 e. The number of para-hydroxylation sites is 3. The van der Waals surface area contributed by atoms with E-state index in [0.717, 1.165) is 18.5 Å². The average molecular weight is 464 g/mol. The Morgan fingerprint density at radius 2 is 1.19 bits per heavy atom. The van der Waals surface area contributed by atoms with E-state index >= 15 is 0 Å². The molecule has 0 saturated carbocycles. The minimum atomic E-state index is 0.0768. The van der Waals surface area contributed by atoms with E-state index in [-0.39, 0.29) is 6.71 Å². The molecule has 0 radical (unpaired) electrons. The monoisotopic (exact) mass is 464 g/mol. The number of hydrogen-bond acceptors (Lipinski definition) is 3. The maximum absolute atomic E-state index is 6.87. The van der Waals surface area contributed by atoms with E-state index in [2.05, 4.69) is 113 Å². The van der Waals surface area contributed by atoms with Gasteiger partial charge >= 0.3 is 0 Å². The van der Waals surface area contributed by atoms with Crippen molar-refractivity contribution < 1.29 is 4.42 Å². The zero-order valence-electron chi connectivity index (χ0n) is 20.0. The third kappa shape index (κ3) is 2.70. The molecule has 2 aliphatic heterocycles. The number of fused-ring (bicyclic) bond motifs is 6. The minimum Gasteiger partial charge on any atom is -0.473 e. The van der Waals surface area contributed by atoms with Crippen LogP contribution in [0.25, 0.3) is 0 Å². The van der Waals surface area contributed by atoms with Crippen LogP contribution in [0.5, 0.6) is 0 Å². The molecule has 172 valence electrons. The van der Waals surface area contributed by atoms with Crippen molar-refractivity contribution in [2.24, 2.45) is 0 Å². The Bertz CT molecular complexity index is 1610. The summed E-state index contributed by atoms with van der Waals surface area (Å²) in [7, 11) is 0. The van der Waals surface area contributed by atoms with E-state index in [4.69, 9.17) is 4.42 Å². The predicted octanol–water partition coefficient (Wildman–Crippen LogP) is 6.24. The molecule has 0 saturated heterocycles. The molecule has 8 rings (SSSR count). The lowest BCUT2D eigenvalue weighted by Gasteiger charge is -2.42. The standard InChI is InChI=1S/C32H25BN2O/c1-3-12-22(13-4-1)34-26-18-9-8-17-25(26)33-30-27(34)19-11-20-28(30)35(23-14-5-2-6-15-23)31-24-16-7-10-21-29(24)36-32(31)33/h1-6,8-9,11-15,17-20H,7,10,16,21H2. The first-order chi connectivity index (χ1) is 17.9. The molecule has 0 unspecified atom stereocenters. The van der Waals surface area contributed by atoms with Crippen molar-refractivity contribution in [2.75, 3.05) is 9.80 Å². The Morgan fingerprint density at radius 1 is 0.583 bits per heavy atom. The van der Waals surface area contributed by atoms with E-state index < -0.39 is 0 Å². The molecule has 1 aromatic heterocycles. The molecule has 3 heterocycles. The molecule has 0 bridgehead atoms. The average Bonchev–Trinajstić information content (AvgIpc) is 3.33. The normalized spacial score (nSPS) is 15.2. The summed E-state index contributed by atoms with van der Waals surface area (Å²) in [6.45, 7) is 0.0768. The number of rotatable bonds is 2. The highest BCUT2D eigenvalue weighted by molar-refractivity contribution is 6.99. The van der Waals surface area contributed by atoms with Gasteiger partial charge in [-0.25, -0.2) is 0 Å². The first-order valence-electron chi connectivity index (χ1n) is 13.0. The predicted molar refractivity (Wildman–Crippen MR) is 149 cm³/mol. The van der Waals surface area contributed by atoms with Gasteiger partial charge in [0.25, 0.3) is 6.71 Å². The maximum Gasteiger partial charge on any atom is 0.297 e. The topological polar surface area (TPSA) is 19.6 Å². The zero-order chi connectivity index (χ0) is 23.6. The molecule has 0 spiro atoms. The molecule has 5 aromatic rings. The molecule has 0 N–H and O–H groups in total. The Morgan fingerprint density at radius 3 is 1.97 bits per heavy atom. The summed E-state index contributed by atoms with van der Waals surface area (Å²) < 4.78 is 6.87. The minimum absolute atomic E-state index is 0.0768. The number of nitrogens with zero attached hydrogens (tertiary/aromatic N) is 2. The Labute approximate surface area is 211 Å². The molecule has 0 fully saturated rings. The van der Waals surface area contributed by atoms with Gasteiger partial charge in [0, 0.05) is 40.4 Å². The summed E-state index contributed by atoms with van der Waals surface area (Å²) >= 11 is 0. The van der Waals surface area contributed by atoms with Crippen LogP contribution in [-0.2, 0) is 12.8 Å². The Balaban J connectivity index is 1.48. The van der Waals surface area contributed by atoms with Crippen LogP contribution in [0.1, 0.15) is 24.2 Å². The van der Waals surface area contributed by atoms with Crippen LogP contribution in [0.15, 0.2) is 108 Å². The number of anilines is 6. The van der Waals surface area contributed by atoms with Gasteiger partial charge in [0.1, 0.15) is 5.76 Å². The fraction of sp³-hybridized carbons (Fsp3) is 0.125. The SMILES string of the molecule is c1ccc(N2c3ccccc3B3c4oc5c(c4N(c4ccccc4)c4cccc2c43)CCCC5)cc1. The number of aryl methyl sites for hydroxylation is 1. The van der Waals surface area contributed by atoms with Crippen LogP contribution in [-0.4, -0.2) is 6.71 Å². The van der Waals surface area contributed by atoms with Crippen molar-refractivity contribution in [1.82, 2.24) is 0 Å². The second kappa shape index (κ2) is 7.66. The lowest BCUT2D eigenvalue weighted by Crippen LogP contribution is -2.61. The molecular formula is C32H25BN2O. The van der Waals surface area contributed by atoms with Crippen molar-refractivity contribution in [3.8, 4) is 0 Å². The molecule has 1 aliphatic carbocycles. The molecule has 4 heteroatoms. The maximum atomic E-state index is 6.87. The summed E-state index contributed by atoms with van der Waals surface area (Å²) in [4.78, 5) is 4.89. The van der Waals surface area contributed by atoms with Crippen LogP contribution in [0.3, 0.4) is 0 Å². The van der Waals surface area contributed by atoms with Crippen molar-refractivity contribution in [1.29, 1.82) is 0 Å². The lowest BCUT2D eigenvalue weighted by atomic mass is 9.35. The van der Waals surface area contributed by atoms with Crippen molar-refractivity contribution in [2.45, 2.75) is 25.7 Å². The first-order valence-corrected chi connectivity index (χ1v) is 13.0. The highest BCUT2D eigenvalue weighted by Crippen LogP contribution is 2.46. The van der Waals surface area contributed by atoms with Gasteiger partial charge in [-0.1, -0.05) is 60.7 Å². The number of hydrogen-bond donors (Lipinski definition) is 0. The summed E-state index contributed by atoms with van der Waals surface area (Å²) in [5.41, 5.74) is 12.5. The van der Waals surface area contributed by atoms with E-state index in [0.29, 0.717) is 0 Å². The second-order valence-electron chi connectivity index (χ2n) is 9.97. The fourth-order valence-corrected chi connectivity index (χ4v) is 6.55. The summed E-state index contributed by atoms with van der Waals surface area (Å²) in [5, 5.41) is 0. The number of benzene rings is 4. The fourth-order valence-electron chi connectivity index (χ4n) is 6.55. The molecule has 4 aromatic carbocycles. The third-order valence-corrected chi connectivity index (χ3v) is 8.00. The van der Waals surface area contributed by atoms with Crippen molar-refractivity contribution in [3.05, 3.63) is 114 Å². The second-order valence-corrected chi connectivity index (χ2v) is 9.97. The van der Waals surface area contributed by atoms with Crippen LogP contribution in [0, 0.1) is 0 Å². The van der Waals surface area contributed by atoms with Gasteiger partial charge in [-0.15, -0.1) is 0 Å². The first kappa shape index (κ1) is 20.1. The molecular weight excluding hydrogens is 439 g/mol. The van der Waals surface area contributed by atoms with Gasteiger partial charge in [-0.05, 0) is 72.7 Å². The van der Waals surface area contributed by atoms with Gasteiger partial charge in [-0.3, -0.25) is 0 Å². The van der Waals surface area contributed by atoms with Crippen molar-refractivity contribution in [3.63, 3.8) is 0 Å². The molecule has 3 nitrogen and oxygen atoms in total. The summed E-state index contributed by atoms with van der Waals surface area (Å²) in [6, 6.07) is 37.2. The highest BCUT2D eigenvalue weighted by atomic mass is 16.3. The van der Waals surface area contributed by atoms with E-state index in [1.807, 2.05) is 0 Å².